The van der Waals surface area contributed by atoms with Crippen LogP contribution in [0.4, 0.5) is 5.69 Å². The molecule has 6 heteroatoms. The van der Waals surface area contributed by atoms with Gasteiger partial charge in [-0.3, -0.25) is 9.69 Å². The van der Waals surface area contributed by atoms with E-state index in [0.29, 0.717) is 17.7 Å². The molecule has 0 atom stereocenters. The van der Waals surface area contributed by atoms with E-state index < -0.39 is 0 Å². The van der Waals surface area contributed by atoms with Crippen molar-refractivity contribution in [3.05, 3.63) is 46.7 Å². The normalized spacial score (nSPS) is 15.2. The van der Waals surface area contributed by atoms with Crippen molar-refractivity contribution in [1.29, 1.82) is 5.26 Å². The average Bonchev–Trinajstić information content (AvgIpc) is 2.92. The summed E-state index contributed by atoms with van der Waals surface area (Å²) in [6.45, 7) is 9.43. The summed E-state index contributed by atoms with van der Waals surface area (Å²) in [6.07, 6.45) is 0. The molecule has 0 amide bonds. The van der Waals surface area contributed by atoms with Crippen molar-refractivity contribution >= 4 is 11.5 Å². The minimum atomic E-state index is 0.0130. The van der Waals surface area contributed by atoms with Gasteiger partial charge in [-0.25, -0.2) is 4.98 Å². The molecule has 0 N–H and O–H groups in total. The highest BCUT2D eigenvalue weighted by molar-refractivity contribution is 5.95. The van der Waals surface area contributed by atoms with Crippen molar-refractivity contribution in [1.82, 2.24) is 9.88 Å². The molecule has 0 unspecified atom stereocenters. The summed E-state index contributed by atoms with van der Waals surface area (Å²) < 4.78 is 5.66. The maximum Gasteiger partial charge on any atom is 0.208 e. The molecular weight excluding hydrogens is 316 g/mol. The summed E-state index contributed by atoms with van der Waals surface area (Å²) >= 11 is 0. The second kappa shape index (κ2) is 7.08. The number of aryl methyl sites for hydroxylation is 2. The zero-order chi connectivity index (χ0) is 18.0. The van der Waals surface area contributed by atoms with E-state index in [0.717, 1.165) is 49.2 Å². The summed E-state index contributed by atoms with van der Waals surface area (Å²) in [5.41, 5.74) is 3.03. The second-order valence-corrected chi connectivity index (χ2v) is 6.41. The number of Topliss-reactive ketones (excluding diaryl/α,β-unsaturated/α-hetero) is 1. The number of hydrogen-bond acceptors (Lipinski definition) is 6. The Labute approximate surface area is 147 Å². The Morgan fingerprint density at radius 2 is 2.00 bits per heavy atom. The van der Waals surface area contributed by atoms with Gasteiger partial charge in [0.05, 0.1) is 23.5 Å². The zero-order valence-corrected chi connectivity index (χ0v) is 14.9. The largest absolute Gasteiger partial charge is 0.444 e. The molecule has 3 rings (SSSR count). The molecule has 1 fully saturated rings. The lowest BCUT2D eigenvalue weighted by Crippen LogP contribution is -2.46. The van der Waals surface area contributed by atoms with Crippen LogP contribution in [0.2, 0.25) is 0 Å². The molecule has 1 saturated heterocycles. The van der Waals surface area contributed by atoms with Crippen LogP contribution >= 0.6 is 0 Å². The lowest BCUT2D eigenvalue weighted by atomic mass is 10.1. The fourth-order valence-corrected chi connectivity index (χ4v) is 3.05. The molecule has 6 nitrogen and oxygen atoms in total. The number of piperazine rings is 1. The Morgan fingerprint density at radius 1 is 1.28 bits per heavy atom. The molecule has 0 spiro atoms. The van der Waals surface area contributed by atoms with Gasteiger partial charge in [0.2, 0.25) is 5.89 Å². The van der Waals surface area contributed by atoms with Crippen LogP contribution in [0.5, 0.6) is 0 Å². The quantitative estimate of drug-likeness (QED) is 0.798. The summed E-state index contributed by atoms with van der Waals surface area (Å²) in [5, 5.41) is 9.36. The maximum absolute atomic E-state index is 11.6. The average molecular weight is 338 g/mol. The highest BCUT2D eigenvalue weighted by atomic mass is 16.4. The van der Waals surface area contributed by atoms with Gasteiger partial charge in [-0.2, -0.15) is 5.26 Å². The van der Waals surface area contributed by atoms with Crippen LogP contribution in [0.15, 0.2) is 22.6 Å². The van der Waals surface area contributed by atoms with Crippen molar-refractivity contribution in [3.63, 3.8) is 0 Å². The lowest BCUT2D eigenvalue weighted by molar-refractivity contribution is 0.101. The van der Waals surface area contributed by atoms with Crippen LogP contribution < -0.4 is 4.90 Å². The van der Waals surface area contributed by atoms with E-state index >= 15 is 0 Å². The van der Waals surface area contributed by atoms with Crippen molar-refractivity contribution in [2.45, 2.75) is 27.3 Å². The van der Waals surface area contributed by atoms with Crippen molar-refractivity contribution in [2.24, 2.45) is 0 Å². The molecule has 0 radical (unpaired) electrons. The van der Waals surface area contributed by atoms with E-state index in [4.69, 9.17) is 4.42 Å². The van der Waals surface area contributed by atoms with Gasteiger partial charge in [0.1, 0.15) is 11.8 Å². The van der Waals surface area contributed by atoms with Gasteiger partial charge in [0.25, 0.3) is 0 Å². The molecule has 0 saturated carbocycles. The Kier molecular flexibility index (Phi) is 4.86. The molecule has 1 aliphatic rings. The predicted molar refractivity (Wildman–Crippen MR) is 94.6 cm³/mol. The summed E-state index contributed by atoms with van der Waals surface area (Å²) in [4.78, 5) is 20.5. The van der Waals surface area contributed by atoms with Gasteiger partial charge in [0, 0.05) is 31.7 Å². The summed E-state index contributed by atoms with van der Waals surface area (Å²) in [6, 6.07) is 7.51. The molecule has 0 aliphatic carbocycles. The number of rotatable bonds is 4. The van der Waals surface area contributed by atoms with Gasteiger partial charge in [-0.15, -0.1) is 0 Å². The van der Waals surface area contributed by atoms with Crippen LogP contribution in [0.3, 0.4) is 0 Å². The van der Waals surface area contributed by atoms with Gasteiger partial charge < -0.3 is 9.32 Å². The standard InChI is InChI=1S/C19H22N4O2/c1-13-15(3)25-19(21-13)12-22-6-8-23(9-7-22)18-10-16(14(2)24)4-5-17(18)11-20/h4-5,10H,6-9,12H2,1-3H3. The first kappa shape index (κ1) is 17.2. The van der Waals surface area contributed by atoms with Crippen LogP contribution in [-0.4, -0.2) is 41.8 Å². The monoisotopic (exact) mass is 338 g/mol. The number of carbonyl (C=O) groups excluding carboxylic acids is 1. The number of nitrogens with zero attached hydrogens (tertiary/aromatic N) is 4. The maximum atomic E-state index is 11.6. The van der Waals surface area contributed by atoms with Gasteiger partial charge in [0.15, 0.2) is 5.78 Å². The van der Waals surface area contributed by atoms with Crippen LogP contribution in [0.25, 0.3) is 0 Å². The third-order valence-corrected chi connectivity index (χ3v) is 4.67. The minimum Gasteiger partial charge on any atom is -0.444 e. The SMILES string of the molecule is CC(=O)c1ccc(C#N)c(N2CCN(Cc3nc(C)c(C)o3)CC2)c1. The van der Waals surface area contributed by atoms with Gasteiger partial charge in [-0.05, 0) is 39.0 Å². The van der Waals surface area contributed by atoms with Crippen molar-refractivity contribution in [3.8, 4) is 6.07 Å². The molecule has 1 aliphatic heterocycles. The second-order valence-electron chi connectivity index (χ2n) is 6.41. The predicted octanol–water partition coefficient (Wildman–Crippen LogP) is 2.69. The molecule has 130 valence electrons. The highest BCUT2D eigenvalue weighted by Gasteiger charge is 2.21. The first-order chi connectivity index (χ1) is 12.0. The Bertz CT molecular complexity index is 807. The fraction of sp³-hybridized carbons (Fsp3) is 0.421. The number of nitriles is 1. The molecule has 0 bridgehead atoms. The Balaban J connectivity index is 1.69. The number of carbonyl (C=O) groups is 1. The van der Waals surface area contributed by atoms with Gasteiger partial charge >= 0.3 is 0 Å². The first-order valence-corrected chi connectivity index (χ1v) is 8.43. The van der Waals surface area contributed by atoms with E-state index in [1.807, 2.05) is 19.9 Å². The zero-order valence-electron chi connectivity index (χ0n) is 14.9. The van der Waals surface area contributed by atoms with Crippen LogP contribution in [0.1, 0.15) is 40.2 Å². The molecule has 25 heavy (non-hydrogen) atoms. The third kappa shape index (κ3) is 3.72. The van der Waals surface area contributed by atoms with E-state index in [1.54, 1.807) is 19.1 Å². The number of ketones is 1. The number of aromatic nitrogens is 1. The van der Waals surface area contributed by atoms with Crippen LogP contribution in [0, 0.1) is 25.2 Å². The number of benzene rings is 1. The molecule has 2 aromatic rings. The first-order valence-electron chi connectivity index (χ1n) is 8.43. The van der Waals surface area contributed by atoms with Crippen LogP contribution in [-0.2, 0) is 6.54 Å². The summed E-state index contributed by atoms with van der Waals surface area (Å²) in [5.74, 6) is 1.63. The van der Waals surface area contributed by atoms with E-state index in [1.165, 1.54) is 0 Å². The highest BCUT2D eigenvalue weighted by Crippen LogP contribution is 2.24. The van der Waals surface area contributed by atoms with Gasteiger partial charge in [-0.1, -0.05) is 0 Å². The smallest absolute Gasteiger partial charge is 0.208 e. The lowest BCUT2D eigenvalue weighted by Gasteiger charge is -2.36. The van der Waals surface area contributed by atoms with E-state index in [9.17, 15) is 10.1 Å². The number of anilines is 1. The van der Waals surface area contributed by atoms with E-state index in [-0.39, 0.29) is 5.78 Å². The number of oxazole rings is 1. The number of hydrogen-bond donors (Lipinski definition) is 0. The molecule has 1 aromatic carbocycles. The minimum absolute atomic E-state index is 0.0130. The van der Waals surface area contributed by atoms with E-state index in [2.05, 4.69) is 20.9 Å². The summed E-state index contributed by atoms with van der Waals surface area (Å²) in [7, 11) is 0. The Morgan fingerprint density at radius 3 is 2.56 bits per heavy atom. The molecule has 1 aromatic heterocycles. The topological polar surface area (TPSA) is 73.4 Å². The van der Waals surface area contributed by atoms with Crippen molar-refractivity contribution in [2.75, 3.05) is 31.1 Å². The Hall–Kier alpha value is -2.65. The molecule has 2 heterocycles. The third-order valence-electron chi connectivity index (χ3n) is 4.67. The fourth-order valence-electron chi connectivity index (χ4n) is 3.05. The van der Waals surface area contributed by atoms with Crippen molar-refractivity contribution < 1.29 is 9.21 Å². The molecular formula is C19H22N4O2.